The van der Waals surface area contributed by atoms with Gasteiger partial charge >= 0.3 is 48.9 Å². The van der Waals surface area contributed by atoms with Crippen molar-refractivity contribution in [2.75, 3.05) is 0 Å². The molecule has 1 rings (SSSR count). The van der Waals surface area contributed by atoms with Crippen molar-refractivity contribution in [3.63, 3.8) is 0 Å². The van der Waals surface area contributed by atoms with Crippen LogP contribution in [0.5, 0.6) is 5.75 Å². The molecule has 1 N–H and O–H groups in total. The quantitative estimate of drug-likeness (QED) is 0.805. The van der Waals surface area contributed by atoms with Gasteiger partial charge in [0.15, 0.2) is 0 Å². The van der Waals surface area contributed by atoms with E-state index in [1.807, 2.05) is 18.2 Å². The zero-order chi connectivity index (χ0) is 11.7. The van der Waals surface area contributed by atoms with Gasteiger partial charge in [-0.2, -0.15) is 0 Å². The third-order valence-electron chi connectivity index (χ3n) is 2.61. The van der Waals surface area contributed by atoms with Gasteiger partial charge in [-0.05, 0) is 28.9 Å². The molecule has 0 aliphatic heterocycles. The summed E-state index contributed by atoms with van der Waals surface area (Å²) in [6, 6.07) is 7.63. The Bertz CT molecular complexity index is 346. The molecule has 0 saturated carbocycles. The topological polar surface area (TPSA) is 20.2 Å². The molecule has 0 aliphatic carbocycles. The van der Waals surface area contributed by atoms with Crippen molar-refractivity contribution in [3.05, 3.63) is 29.8 Å². The SMILES string of the molecule is CC(C)(C)CC(C)(C)c1ccccc1O.[Ba+2].[H-].[H-]. The fourth-order valence-corrected chi connectivity index (χ4v) is 2.47. The van der Waals surface area contributed by atoms with Crippen LogP contribution in [0.25, 0.3) is 0 Å². The van der Waals surface area contributed by atoms with Gasteiger partial charge in [-0.25, -0.2) is 0 Å². The minimum absolute atomic E-state index is 0. The van der Waals surface area contributed by atoms with E-state index in [1.165, 1.54) is 0 Å². The van der Waals surface area contributed by atoms with Crippen LogP contribution in [0.2, 0.25) is 0 Å². The monoisotopic (exact) mass is 346 g/mol. The fourth-order valence-electron chi connectivity index (χ4n) is 2.47. The molecule has 1 nitrogen and oxygen atoms in total. The standard InChI is InChI=1S/C14H22O.Ba.2H/c1-13(2,3)10-14(4,5)11-8-6-7-9-12(11)15;;;/h6-9,15H,10H2,1-5H3;;;/q;+2;2*-1. The molecular formula is C14H24BaO. The Kier molecular flexibility index (Phi) is 6.18. The minimum Gasteiger partial charge on any atom is -1.00 e. The molecule has 0 bridgehead atoms. The molecule has 0 atom stereocenters. The Morgan fingerprint density at radius 3 is 2.00 bits per heavy atom. The Labute approximate surface area is 143 Å². The van der Waals surface area contributed by atoms with Gasteiger partial charge in [-0.3, -0.25) is 0 Å². The summed E-state index contributed by atoms with van der Waals surface area (Å²) in [6.07, 6.45) is 1.05. The summed E-state index contributed by atoms with van der Waals surface area (Å²) in [4.78, 5) is 0. The Balaban J connectivity index is -0.000000750. The van der Waals surface area contributed by atoms with Crippen LogP contribution < -0.4 is 0 Å². The average molecular weight is 346 g/mol. The molecule has 2 heteroatoms. The molecule has 0 spiro atoms. The summed E-state index contributed by atoms with van der Waals surface area (Å²) >= 11 is 0. The smallest absolute Gasteiger partial charge is 1.00 e. The second-order valence-electron chi connectivity index (χ2n) is 6.14. The molecule has 88 valence electrons. The van der Waals surface area contributed by atoms with E-state index in [0.717, 1.165) is 12.0 Å². The molecule has 0 unspecified atom stereocenters. The zero-order valence-corrected chi connectivity index (χ0v) is 15.6. The van der Waals surface area contributed by atoms with Crippen molar-refractivity contribution in [1.82, 2.24) is 0 Å². The summed E-state index contributed by atoms with van der Waals surface area (Å²) in [7, 11) is 0. The number of rotatable bonds is 2. The number of phenols is 1. The second kappa shape index (κ2) is 5.96. The minimum atomic E-state index is 0. The van der Waals surface area contributed by atoms with Crippen LogP contribution in [-0.4, -0.2) is 54.0 Å². The molecule has 1 aromatic rings. The molecule has 0 heterocycles. The summed E-state index contributed by atoms with van der Waals surface area (Å²) in [5, 5.41) is 9.84. The molecule has 0 aliphatic rings. The third kappa shape index (κ3) is 4.84. The van der Waals surface area contributed by atoms with E-state index < -0.39 is 0 Å². The Morgan fingerprint density at radius 2 is 1.56 bits per heavy atom. The molecule has 1 aromatic carbocycles. The number of hydrogen-bond donors (Lipinski definition) is 1. The first kappa shape index (κ1) is 16.6. The first-order chi connectivity index (χ1) is 6.72. The molecule has 0 aromatic heterocycles. The number of phenolic OH excluding ortho intramolecular Hbond substituents is 1. The first-order valence-electron chi connectivity index (χ1n) is 5.51. The number of para-hydroxylation sites is 1. The van der Waals surface area contributed by atoms with Crippen LogP contribution in [0, 0.1) is 5.41 Å². The summed E-state index contributed by atoms with van der Waals surface area (Å²) < 4.78 is 0. The third-order valence-corrected chi connectivity index (χ3v) is 2.61. The Hall–Kier alpha value is 0.591. The molecular weight excluding hydrogens is 321 g/mol. The maximum Gasteiger partial charge on any atom is 2.00 e. The van der Waals surface area contributed by atoms with E-state index in [-0.39, 0.29) is 62.6 Å². The van der Waals surface area contributed by atoms with Crippen molar-refractivity contribution in [1.29, 1.82) is 0 Å². The van der Waals surface area contributed by atoms with Crippen LogP contribution >= 0.6 is 0 Å². The van der Waals surface area contributed by atoms with Crippen LogP contribution in [0.15, 0.2) is 24.3 Å². The fraction of sp³-hybridized carbons (Fsp3) is 0.571. The van der Waals surface area contributed by atoms with Crippen LogP contribution in [0.4, 0.5) is 0 Å². The van der Waals surface area contributed by atoms with Gasteiger partial charge in [0, 0.05) is 0 Å². The predicted octanol–water partition coefficient (Wildman–Crippen LogP) is 3.95. The predicted molar refractivity (Wildman–Crippen MR) is 73.2 cm³/mol. The summed E-state index contributed by atoms with van der Waals surface area (Å²) in [5.74, 6) is 0.409. The van der Waals surface area contributed by atoms with Gasteiger partial charge in [0.2, 0.25) is 0 Å². The van der Waals surface area contributed by atoms with Crippen molar-refractivity contribution >= 4 is 48.9 Å². The molecule has 0 radical (unpaired) electrons. The van der Waals surface area contributed by atoms with E-state index >= 15 is 0 Å². The van der Waals surface area contributed by atoms with Crippen LogP contribution in [0.3, 0.4) is 0 Å². The van der Waals surface area contributed by atoms with Gasteiger partial charge in [-0.15, -0.1) is 0 Å². The van der Waals surface area contributed by atoms with Crippen molar-refractivity contribution in [2.45, 2.75) is 46.5 Å². The Morgan fingerprint density at radius 1 is 1.06 bits per heavy atom. The first-order valence-corrected chi connectivity index (χ1v) is 5.51. The van der Waals surface area contributed by atoms with E-state index in [0.29, 0.717) is 5.75 Å². The molecule has 16 heavy (non-hydrogen) atoms. The maximum absolute atomic E-state index is 9.84. The average Bonchev–Trinajstić information content (AvgIpc) is 1.99. The molecule has 0 saturated heterocycles. The van der Waals surface area contributed by atoms with E-state index in [4.69, 9.17) is 0 Å². The second-order valence-corrected chi connectivity index (χ2v) is 6.14. The van der Waals surface area contributed by atoms with Crippen molar-refractivity contribution < 1.29 is 7.96 Å². The van der Waals surface area contributed by atoms with Gasteiger partial charge in [0.1, 0.15) is 5.75 Å². The van der Waals surface area contributed by atoms with Crippen molar-refractivity contribution in [2.24, 2.45) is 5.41 Å². The van der Waals surface area contributed by atoms with Crippen LogP contribution in [0.1, 0.15) is 49.5 Å². The summed E-state index contributed by atoms with van der Waals surface area (Å²) in [5.41, 5.74) is 1.33. The van der Waals surface area contributed by atoms with E-state index in [1.54, 1.807) is 6.07 Å². The van der Waals surface area contributed by atoms with Gasteiger partial charge < -0.3 is 7.96 Å². The van der Waals surface area contributed by atoms with Gasteiger partial charge in [-0.1, -0.05) is 52.8 Å². The molecule has 0 fully saturated rings. The normalized spacial score (nSPS) is 12.1. The van der Waals surface area contributed by atoms with Gasteiger partial charge in [0.25, 0.3) is 0 Å². The number of benzene rings is 1. The maximum atomic E-state index is 9.84. The zero-order valence-electron chi connectivity index (χ0n) is 13.2. The number of aromatic hydroxyl groups is 1. The van der Waals surface area contributed by atoms with Gasteiger partial charge in [0.05, 0.1) is 0 Å². The van der Waals surface area contributed by atoms with E-state index in [9.17, 15) is 5.11 Å². The molecule has 0 amide bonds. The summed E-state index contributed by atoms with van der Waals surface area (Å²) in [6.45, 7) is 11.1. The van der Waals surface area contributed by atoms with Crippen molar-refractivity contribution in [3.8, 4) is 5.75 Å². The number of hydrogen-bond acceptors (Lipinski definition) is 1. The largest absolute Gasteiger partial charge is 2.00 e. The van der Waals surface area contributed by atoms with Crippen LogP contribution in [-0.2, 0) is 5.41 Å². The van der Waals surface area contributed by atoms with E-state index in [2.05, 4.69) is 34.6 Å².